The van der Waals surface area contributed by atoms with Crippen molar-refractivity contribution in [1.82, 2.24) is 10.5 Å². The molecule has 0 aliphatic carbocycles. The summed E-state index contributed by atoms with van der Waals surface area (Å²) < 4.78 is 23.3. The lowest BCUT2D eigenvalue weighted by Gasteiger charge is -2.17. The number of methoxy groups -OCH3 is 1. The van der Waals surface area contributed by atoms with Gasteiger partial charge in [-0.3, -0.25) is 9.59 Å². The first-order valence-corrected chi connectivity index (χ1v) is 9.01. The van der Waals surface area contributed by atoms with Gasteiger partial charge in [0.1, 0.15) is 17.3 Å². The molecule has 1 aliphatic rings. The summed E-state index contributed by atoms with van der Waals surface area (Å²) in [5, 5.41) is 6.66. The lowest BCUT2D eigenvalue weighted by Crippen LogP contribution is -2.37. The van der Waals surface area contributed by atoms with Gasteiger partial charge in [0.2, 0.25) is 11.7 Å². The van der Waals surface area contributed by atoms with E-state index in [2.05, 4.69) is 10.5 Å². The zero-order valence-electron chi connectivity index (χ0n) is 15.6. The molecule has 1 fully saturated rings. The first-order valence-electron chi connectivity index (χ1n) is 9.01. The molecule has 0 spiro atoms. The molecule has 1 unspecified atom stereocenters. The smallest absolute Gasteiger partial charge is 0.290 e. The SMILES string of the molecule is COc1ccc(N2CC(NC(=O)c3cc(-c4ccc(F)cc4)no3)CC2=O)cc1. The highest BCUT2D eigenvalue weighted by atomic mass is 19.1. The van der Waals surface area contributed by atoms with Crippen LogP contribution >= 0.6 is 0 Å². The molecule has 1 N–H and O–H groups in total. The van der Waals surface area contributed by atoms with Gasteiger partial charge in [0, 0.05) is 30.3 Å². The third-order valence-corrected chi connectivity index (χ3v) is 4.72. The summed E-state index contributed by atoms with van der Waals surface area (Å²) in [6, 6.07) is 14.0. The number of nitrogens with one attached hydrogen (secondary N) is 1. The number of hydrogen-bond acceptors (Lipinski definition) is 5. The first kappa shape index (κ1) is 18.7. The molecule has 8 heteroatoms. The minimum Gasteiger partial charge on any atom is -0.497 e. The van der Waals surface area contributed by atoms with Crippen LogP contribution in [0.4, 0.5) is 10.1 Å². The third kappa shape index (κ3) is 3.96. The number of aromatic nitrogens is 1. The predicted octanol–water partition coefficient (Wildman–Crippen LogP) is 3.02. The van der Waals surface area contributed by atoms with Crippen LogP contribution in [0.1, 0.15) is 17.0 Å². The lowest BCUT2D eigenvalue weighted by molar-refractivity contribution is -0.117. The molecule has 29 heavy (non-hydrogen) atoms. The zero-order chi connectivity index (χ0) is 20.4. The second kappa shape index (κ2) is 7.75. The molecule has 1 aromatic heterocycles. The lowest BCUT2D eigenvalue weighted by atomic mass is 10.1. The Labute approximate surface area is 166 Å². The van der Waals surface area contributed by atoms with E-state index < -0.39 is 5.91 Å². The Morgan fingerprint density at radius 1 is 1.21 bits per heavy atom. The highest BCUT2D eigenvalue weighted by molar-refractivity contribution is 5.98. The van der Waals surface area contributed by atoms with Crippen LogP contribution in [-0.2, 0) is 4.79 Å². The number of nitrogens with zero attached hydrogens (tertiary/aromatic N) is 2. The second-order valence-electron chi connectivity index (χ2n) is 6.66. The van der Waals surface area contributed by atoms with E-state index in [9.17, 15) is 14.0 Å². The van der Waals surface area contributed by atoms with Crippen LogP contribution in [0.2, 0.25) is 0 Å². The molecule has 148 valence electrons. The zero-order valence-corrected chi connectivity index (χ0v) is 15.6. The maximum atomic E-state index is 13.0. The Bertz CT molecular complexity index is 1030. The van der Waals surface area contributed by atoms with Crippen molar-refractivity contribution in [3.63, 3.8) is 0 Å². The van der Waals surface area contributed by atoms with Crippen molar-refractivity contribution in [1.29, 1.82) is 0 Å². The van der Waals surface area contributed by atoms with Crippen molar-refractivity contribution >= 4 is 17.5 Å². The average Bonchev–Trinajstić information content (AvgIpc) is 3.36. The summed E-state index contributed by atoms with van der Waals surface area (Å²) >= 11 is 0. The van der Waals surface area contributed by atoms with Gasteiger partial charge in [-0.25, -0.2) is 4.39 Å². The van der Waals surface area contributed by atoms with Gasteiger partial charge in [0.25, 0.3) is 5.91 Å². The number of carbonyl (C=O) groups is 2. The molecule has 7 nitrogen and oxygen atoms in total. The molecule has 2 heterocycles. The van der Waals surface area contributed by atoms with Crippen LogP contribution in [0.3, 0.4) is 0 Å². The molecule has 4 rings (SSSR count). The number of carbonyl (C=O) groups excluding carboxylic acids is 2. The molecule has 0 radical (unpaired) electrons. The fourth-order valence-corrected chi connectivity index (χ4v) is 3.21. The third-order valence-electron chi connectivity index (χ3n) is 4.72. The fraction of sp³-hybridized carbons (Fsp3) is 0.190. The molecule has 1 atom stereocenters. The maximum Gasteiger partial charge on any atom is 0.290 e. The maximum absolute atomic E-state index is 13.0. The Morgan fingerprint density at radius 3 is 2.62 bits per heavy atom. The molecule has 1 saturated heterocycles. The van der Waals surface area contributed by atoms with Crippen LogP contribution in [-0.4, -0.2) is 36.7 Å². The molecule has 3 aromatic rings. The van der Waals surface area contributed by atoms with Crippen molar-refractivity contribution < 1.29 is 23.2 Å². The van der Waals surface area contributed by atoms with Crippen molar-refractivity contribution in [2.24, 2.45) is 0 Å². The number of halogens is 1. The number of ether oxygens (including phenoxy) is 1. The summed E-state index contributed by atoms with van der Waals surface area (Å²) in [5.41, 5.74) is 1.80. The molecular weight excluding hydrogens is 377 g/mol. The minimum atomic E-state index is -0.458. The largest absolute Gasteiger partial charge is 0.497 e. The molecule has 0 bridgehead atoms. The number of amides is 2. The summed E-state index contributed by atoms with van der Waals surface area (Å²) in [7, 11) is 1.58. The number of benzene rings is 2. The normalized spacial score (nSPS) is 16.1. The van der Waals surface area contributed by atoms with E-state index in [-0.39, 0.29) is 29.9 Å². The van der Waals surface area contributed by atoms with Gasteiger partial charge < -0.3 is 19.5 Å². The monoisotopic (exact) mass is 395 g/mol. The highest BCUT2D eigenvalue weighted by Gasteiger charge is 2.32. The second-order valence-corrected chi connectivity index (χ2v) is 6.66. The van der Waals surface area contributed by atoms with E-state index in [4.69, 9.17) is 9.26 Å². The van der Waals surface area contributed by atoms with Gasteiger partial charge in [-0.05, 0) is 48.5 Å². The van der Waals surface area contributed by atoms with Crippen LogP contribution in [0, 0.1) is 5.82 Å². The van der Waals surface area contributed by atoms with E-state index in [1.165, 1.54) is 18.2 Å². The Morgan fingerprint density at radius 2 is 1.93 bits per heavy atom. The highest BCUT2D eigenvalue weighted by Crippen LogP contribution is 2.25. The summed E-state index contributed by atoms with van der Waals surface area (Å²) in [6.45, 7) is 0.357. The van der Waals surface area contributed by atoms with E-state index >= 15 is 0 Å². The number of anilines is 1. The molecule has 0 saturated carbocycles. The van der Waals surface area contributed by atoms with E-state index in [0.717, 1.165) is 5.69 Å². The van der Waals surface area contributed by atoms with Gasteiger partial charge in [-0.1, -0.05) is 5.16 Å². The van der Waals surface area contributed by atoms with Crippen molar-refractivity contribution in [3.8, 4) is 17.0 Å². The standard InChI is InChI=1S/C21H18FN3O4/c1-28-17-8-6-16(7-9-17)25-12-15(10-20(25)26)23-21(27)19-11-18(24-29-19)13-2-4-14(22)5-3-13/h2-9,11,15H,10,12H2,1H3,(H,23,27). The van der Waals surface area contributed by atoms with Gasteiger partial charge >= 0.3 is 0 Å². The topological polar surface area (TPSA) is 84.7 Å². The molecule has 2 amide bonds. The van der Waals surface area contributed by atoms with Crippen molar-refractivity contribution in [2.45, 2.75) is 12.5 Å². The average molecular weight is 395 g/mol. The van der Waals surface area contributed by atoms with Gasteiger partial charge in [-0.2, -0.15) is 0 Å². The number of rotatable bonds is 5. The Kier molecular flexibility index (Phi) is 4.99. The summed E-state index contributed by atoms with van der Waals surface area (Å²) in [4.78, 5) is 26.5. The predicted molar refractivity (Wildman–Crippen MR) is 103 cm³/mol. The molecule has 2 aromatic carbocycles. The van der Waals surface area contributed by atoms with Crippen molar-refractivity contribution in [3.05, 3.63) is 66.2 Å². The van der Waals surface area contributed by atoms with E-state index in [0.29, 0.717) is 23.6 Å². The fourth-order valence-electron chi connectivity index (χ4n) is 3.21. The van der Waals surface area contributed by atoms with Crippen LogP contribution in [0.5, 0.6) is 5.75 Å². The molecule has 1 aliphatic heterocycles. The quantitative estimate of drug-likeness (QED) is 0.718. The van der Waals surface area contributed by atoms with Crippen LogP contribution in [0.25, 0.3) is 11.3 Å². The minimum absolute atomic E-state index is 0.0275. The van der Waals surface area contributed by atoms with Gasteiger partial charge in [0.05, 0.1) is 13.2 Å². The van der Waals surface area contributed by atoms with Gasteiger partial charge in [-0.15, -0.1) is 0 Å². The Hall–Kier alpha value is -3.68. The van der Waals surface area contributed by atoms with Crippen LogP contribution in [0.15, 0.2) is 59.1 Å². The number of hydrogen-bond donors (Lipinski definition) is 1. The Balaban J connectivity index is 1.41. The van der Waals surface area contributed by atoms with Crippen LogP contribution < -0.4 is 15.0 Å². The summed E-state index contributed by atoms with van der Waals surface area (Å²) in [6.07, 6.45) is 0.191. The molecular formula is C21H18FN3O4. The van der Waals surface area contributed by atoms with E-state index in [1.807, 2.05) is 0 Å². The van der Waals surface area contributed by atoms with Gasteiger partial charge in [0.15, 0.2) is 0 Å². The summed E-state index contributed by atoms with van der Waals surface area (Å²) in [5.74, 6) is -0.167. The van der Waals surface area contributed by atoms with Crippen molar-refractivity contribution in [2.75, 3.05) is 18.6 Å². The van der Waals surface area contributed by atoms with E-state index in [1.54, 1.807) is 48.4 Å². The first-order chi connectivity index (χ1) is 14.0.